The third-order valence-electron chi connectivity index (χ3n) is 3.24. The first-order valence-corrected chi connectivity index (χ1v) is 7.03. The van der Waals surface area contributed by atoms with Crippen molar-refractivity contribution in [1.29, 1.82) is 0 Å². The van der Waals surface area contributed by atoms with Crippen molar-refractivity contribution in [1.82, 2.24) is 0 Å². The molecule has 0 saturated carbocycles. The predicted octanol–water partition coefficient (Wildman–Crippen LogP) is 3.46. The summed E-state index contributed by atoms with van der Waals surface area (Å²) in [5, 5.41) is 0. The van der Waals surface area contributed by atoms with Crippen LogP contribution in [0.3, 0.4) is 0 Å². The Hall–Kier alpha value is -0.570. The molecule has 100 valence electrons. The Morgan fingerprint density at radius 3 is 2.94 bits per heavy atom. The minimum atomic E-state index is -0.0432. The highest BCUT2D eigenvalue weighted by Crippen LogP contribution is 2.18. The second-order valence-corrected chi connectivity index (χ2v) is 4.97. The standard InChI is InChI=1S/C14H26O3/c1-3-4-5-8-14(15)17-12(2)9-10-13-7-6-11-16-13/h12-13H,3-11H2,1-2H3. The highest BCUT2D eigenvalue weighted by Gasteiger charge is 2.17. The summed E-state index contributed by atoms with van der Waals surface area (Å²) in [6.07, 6.45) is 8.48. The minimum absolute atomic E-state index is 0.0355. The van der Waals surface area contributed by atoms with E-state index < -0.39 is 0 Å². The Balaban J connectivity index is 2.02. The average Bonchev–Trinajstić information content (AvgIpc) is 2.79. The summed E-state index contributed by atoms with van der Waals surface area (Å²) in [4.78, 5) is 11.5. The summed E-state index contributed by atoms with van der Waals surface area (Å²) in [5.41, 5.74) is 0. The first-order chi connectivity index (χ1) is 8.22. The molecule has 0 bridgehead atoms. The monoisotopic (exact) mass is 242 g/mol. The fourth-order valence-corrected chi connectivity index (χ4v) is 2.15. The molecule has 2 unspecified atom stereocenters. The van der Waals surface area contributed by atoms with Gasteiger partial charge >= 0.3 is 5.97 Å². The van der Waals surface area contributed by atoms with Crippen LogP contribution in [0.4, 0.5) is 0 Å². The molecule has 2 atom stereocenters. The number of hydrogen-bond donors (Lipinski definition) is 0. The van der Waals surface area contributed by atoms with Gasteiger partial charge in [-0.05, 0) is 39.0 Å². The van der Waals surface area contributed by atoms with Crippen LogP contribution >= 0.6 is 0 Å². The molecule has 0 aromatic carbocycles. The lowest BCUT2D eigenvalue weighted by Crippen LogP contribution is -2.17. The number of carbonyl (C=O) groups is 1. The topological polar surface area (TPSA) is 35.5 Å². The summed E-state index contributed by atoms with van der Waals surface area (Å²) < 4.78 is 10.9. The molecule has 0 N–H and O–H groups in total. The largest absolute Gasteiger partial charge is 0.463 e. The number of carbonyl (C=O) groups excluding carboxylic acids is 1. The van der Waals surface area contributed by atoms with Crippen LogP contribution in [-0.4, -0.2) is 24.8 Å². The molecule has 0 radical (unpaired) electrons. The fourth-order valence-electron chi connectivity index (χ4n) is 2.15. The molecule has 0 spiro atoms. The number of ether oxygens (including phenoxy) is 2. The predicted molar refractivity (Wildman–Crippen MR) is 67.9 cm³/mol. The molecule has 17 heavy (non-hydrogen) atoms. The molecule has 0 aromatic rings. The van der Waals surface area contributed by atoms with Gasteiger partial charge in [-0.3, -0.25) is 4.79 Å². The smallest absolute Gasteiger partial charge is 0.306 e. The van der Waals surface area contributed by atoms with E-state index in [2.05, 4.69) is 6.92 Å². The Morgan fingerprint density at radius 2 is 2.29 bits per heavy atom. The lowest BCUT2D eigenvalue weighted by atomic mass is 10.1. The van der Waals surface area contributed by atoms with Gasteiger partial charge in [0.1, 0.15) is 0 Å². The molecule has 3 heteroatoms. The van der Waals surface area contributed by atoms with Gasteiger partial charge < -0.3 is 9.47 Å². The average molecular weight is 242 g/mol. The van der Waals surface area contributed by atoms with Gasteiger partial charge in [-0.1, -0.05) is 19.8 Å². The minimum Gasteiger partial charge on any atom is -0.463 e. The Kier molecular flexibility index (Phi) is 7.25. The van der Waals surface area contributed by atoms with Crippen LogP contribution in [0.15, 0.2) is 0 Å². The maximum Gasteiger partial charge on any atom is 0.306 e. The maximum absolute atomic E-state index is 11.5. The highest BCUT2D eigenvalue weighted by molar-refractivity contribution is 5.69. The molecular formula is C14H26O3. The lowest BCUT2D eigenvalue weighted by Gasteiger charge is -2.15. The molecule has 1 rings (SSSR count). The van der Waals surface area contributed by atoms with Crippen LogP contribution in [-0.2, 0) is 14.3 Å². The maximum atomic E-state index is 11.5. The highest BCUT2D eigenvalue weighted by atomic mass is 16.5. The van der Waals surface area contributed by atoms with Crippen molar-refractivity contribution in [2.45, 2.75) is 77.4 Å². The van der Waals surface area contributed by atoms with Crippen LogP contribution < -0.4 is 0 Å². The Morgan fingerprint density at radius 1 is 1.47 bits per heavy atom. The molecule has 1 aliphatic rings. The normalized spacial score (nSPS) is 21.4. The van der Waals surface area contributed by atoms with E-state index in [9.17, 15) is 4.79 Å². The van der Waals surface area contributed by atoms with Gasteiger partial charge in [0, 0.05) is 13.0 Å². The van der Waals surface area contributed by atoms with E-state index in [1.54, 1.807) is 0 Å². The van der Waals surface area contributed by atoms with Gasteiger partial charge in [0.2, 0.25) is 0 Å². The summed E-state index contributed by atoms with van der Waals surface area (Å²) in [6.45, 7) is 5.01. The van der Waals surface area contributed by atoms with Crippen LogP contribution in [0.25, 0.3) is 0 Å². The summed E-state index contributed by atoms with van der Waals surface area (Å²) in [6, 6.07) is 0. The third-order valence-corrected chi connectivity index (χ3v) is 3.24. The van der Waals surface area contributed by atoms with Gasteiger partial charge in [-0.15, -0.1) is 0 Å². The van der Waals surface area contributed by atoms with E-state index in [1.165, 1.54) is 6.42 Å². The second-order valence-electron chi connectivity index (χ2n) is 4.97. The van der Waals surface area contributed by atoms with Gasteiger partial charge in [0.25, 0.3) is 0 Å². The van der Waals surface area contributed by atoms with E-state index >= 15 is 0 Å². The molecule has 0 aromatic heterocycles. The molecular weight excluding hydrogens is 216 g/mol. The quantitative estimate of drug-likeness (QED) is 0.483. The number of esters is 1. The zero-order valence-electron chi connectivity index (χ0n) is 11.2. The molecule has 1 fully saturated rings. The molecule has 1 heterocycles. The SMILES string of the molecule is CCCCCC(=O)OC(C)CCC1CCCO1. The molecule has 0 aliphatic carbocycles. The first-order valence-electron chi connectivity index (χ1n) is 7.03. The summed E-state index contributed by atoms with van der Waals surface area (Å²) >= 11 is 0. The van der Waals surface area contributed by atoms with Crippen LogP contribution in [0.2, 0.25) is 0 Å². The number of unbranched alkanes of at least 4 members (excludes halogenated alkanes) is 2. The number of hydrogen-bond acceptors (Lipinski definition) is 3. The third kappa shape index (κ3) is 6.67. The molecule has 0 amide bonds. The van der Waals surface area contributed by atoms with Crippen LogP contribution in [0, 0.1) is 0 Å². The van der Waals surface area contributed by atoms with Gasteiger partial charge in [-0.2, -0.15) is 0 Å². The van der Waals surface area contributed by atoms with E-state index in [0.717, 1.165) is 45.1 Å². The fraction of sp³-hybridized carbons (Fsp3) is 0.929. The van der Waals surface area contributed by atoms with Crippen molar-refractivity contribution in [3.05, 3.63) is 0 Å². The Bertz CT molecular complexity index is 210. The first kappa shape index (κ1) is 14.5. The van der Waals surface area contributed by atoms with E-state index in [-0.39, 0.29) is 12.1 Å². The van der Waals surface area contributed by atoms with Crippen molar-refractivity contribution in [2.24, 2.45) is 0 Å². The van der Waals surface area contributed by atoms with Crippen LogP contribution in [0.1, 0.15) is 65.2 Å². The van der Waals surface area contributed by atoms with Gasteiger partial charge in [0.05, 0.1) is 12.2 Å². The summed E-state index contributed by atoms with van der Waals surface area (Å²) in [7, 11) is 0. The summed E-state index contributed by atoms with van der Waals surface area (Å²) in [5.74, 6) is -0.0432. The molecule has 3 nitrogen and oxygen atoms in total. The molecule has 1 saturated heterocycles. The lowest BCUT2D eigenvalue weighted by molar-refractivity contribution is -0.148. The van der Waals surface area contributed by atoms with Crippen molar-refractivity contribution in [2.75, 3.05) is 6.61 Å². The zero-order valence-corrected chi connectivity index (χ0v) is 11.2. The number of rotatable bonds is 8. The van der Waals surface area contributed by atoms with Crippen molar-refractivity contribution in [3.63, 3.8) is 0 Å². The van der Waals surface area contributed by atoms with E-state index in [0.29, 0.717) is 12.5 Å². The van der Waals surface area contributed by atoms with Crippen molar-refractivity contribution >= 4 is 5.97 Å². The zero-order chi connectivity index (χ0) is 12.5. The Labute approximate surface area is 105 Å². The van der Waals surface area contributed by atoms with E-state index in [4.69, 9.17) is 9.47 Å². The van der Waals surface area contributed by atoms with Gasteiger partial charge in [0.15, 0.2) is 0 Å². The van der Waals surface area contributed by atoms with E-state index in [1.807, 2.05) is 6.92 Å². The van der Waals surface area contributed by atoms with Crippen molar-refractivity contribution in [3.8, 4) is 0 Å². The van der Waals surface area contributed by atoms with Crippen LogP contribution in [0.5, 0.6) is 0 Å². The van der Waals surface area contributed by atoms with Crippen molar-refractivity contribution < 1.29 is 14.3 Å². The second kappa shape index (κ2) is 8.51. The molecule has 1 aliphatic heterocycles. The van der Waals surface area contributed by atoms with Gasteiger partial charge in [-0.25, -0.2) is 0 Å².